The van der Waals surface area contributed by atoms with Crippen LogP contribution >= 0.6 is 11.8 Å². The Morgan fingerprint density at radius 3 is 2.49 bits per heavy atom. The first kappa shape index (κ1) is 22.1. The highest BCUT2D eigenvalue weighted by molar-refractivity contribution is 7.99. The van der Waals surface area contributed by atoms with Crippen molar-refractivity contribution in [2.45, 2.75) is 30.6 Å². The second kappa shape index (κ2) is 9.68. The summed E-state index contributed by atoms with van der Waals surface area (Å²) in [6.45, 7) is 2.77. The lowest BCUT2D eigenvalue weighted by Gasteiger charge is -2.26. The number of anilines is 1. The van der Waals surface area contributed by atoms with Crippen LogP contribution in [0.4, 0.5) is 5.69 Å². The Morgan fingerprint density at radius 2 is 1.66 bits per heavy atom. The largest absolute Gasteiger partial charge is 0.310 e. The van der Waals surface area contributed by atoms with Crippen molar-refractivity contribution in [3.8, 4) is 17.1 Å². The molecular weight excluding hydrogens is 454 g/mol. The van der Waals surface area contributed by atoms with Gasteiger partial charge in [-0.2, -0.15) is 0 Å². The third kappa shape index (κ3) is 4.37. The Kier molecular flexibility index (Phi) is 6.10. The van der Waals surface area contributed by atoms with E-state index in [1.54, 1.807) is 0 Å². The molecule has 0 saturated carbocycles. The van der Waals surface area contributed by atoms with E-state index in [0.717, 1.165) is 48.8 Å². The van der Waals surface area contributed by atoms with Crippen LogP contribution in [0.1, 0.15) is 18.4 Å². The zero-order valence-electron chi connectivity index (χ0n) is 19.5. The summed E-state index contributed by atoms with van der Waals surface area (Å²) in [4.78, 5) is 18.2. The van der Waals surface area contributed by atoms with Gasteiger partial charge in [0.1, 0.15) is 0 Å². The first-order valence-electron chi connectivity index (χ1n) is 12.1. The molecule has 1 atom stereocenters. The molecule has 1 saturated heterocycles. The molecule has 1 aromatic heterocycles. The standard InChI is InChI=1S/C28H27N5OS/c34-26(32-19-24-15-9-17-31(24)18-22-12-7-8-16-25(22)32)20-35-28-30-29-27(21-10-3-1-4-11-21)33(28)23-13-5-2-6-14-23/h1-8,10-14,16,24H,9,15,17-20H2/t24-/m1/s1. The minimum atomic E-state index is 0.111. The van der Waals surface area contributed by atoms with Gasteiger partial charge >= 0.3 is 0 Å². The molecule has 0 radical (unpaired) electrons. The Morgan fingerprint density at radius 1 is 0.914 bits per heavy atom. The number of rotatable bonds is 5. The van der Waals surface area contributed by atoms with E-state index in [4.69, 9.17) is 0 Å². The van der Waals surface area contributed by atoms with Crippen LogP contribution in [0.2, 0.25) is 0 Å². The minimum Gasteiger partial charge on any atom is -0.310 e. The van der Waals surface area contributed by atoms with Gasteiger partial charge in [-0.25, -0.2) is 0 Å². The summed E-state index contributed by atoms with van der Waals surface area (Å²) in [5, 5.41) is 9.72. The number of fused-ring (bicyclic) bond motifs is 2. The van der Waals surface area contributed by atoms with E-state index in [1.807, 2.05) is 76.2 Å². The maximum Gasteiger partial charge on any atom is 0.237 e. The zero-order valence-corrected chi connectivity index (χ0v) is 20.3. The van der Waals surface area contributed by atoms with Gasteiger partial charge in [0.2, 0.25) is 5.91 Å². The van der Waals surface area contributed by atoms with Gasteiger partial charge in [-0.15, -0.1) is 10.2 Å². The lowest BCUT2D eigenvalue weighted by Crippen LogP contribution is -2.41. The van der Waals surface area contributed by atoms with Crippen molar-refractivity contribution in [3.63, 3.8) is 0 Å². The number of amides is 1. The molecule has 0 N–H and O–H groups in total. The van der Waals surface area contributed by atoms with E-state index >= 15 is 0 Å². The second-order valence-corrected chi connectivity index (χ2v) is 9.97. The average Bonchev–Trinajstić information content (AvgIpc) is 3.50. The first-order chi connectivity index (χ1) is 17.3. The van der Waals surface area contributed by atoms with Crippen LogP contribution in [0, 0.1) is 0 Å². The molecule has 4 aromatic rings. The molecular formula is C28H27N5OS. The van der Waals surface area contributed by atoms with Gasteiger partial charge in [0, 0.05) is 36.1 Å². The van der Waals surface area contributed by atoms with Crippen molar-refractivity contribution in [2.75, 3.05) is 23.7 Å². The summed E-state index contributed by atoms with van der Waals surface area (Å²) in [6.07, 6.45) is 2.35. The van der Waals surface area contributed by atoms with Gasteiger partial charge in [0.15, 0.2) is 11.0 Å². The van der Waals surface area contributed by atoms with Crippen molar-refractivity contribution < 1.29 is 4.79 Å². The Labute approximate surface area is 209 Å². The van der Waals surface area contributed by atoms with E-state index in [-0.39, 0.29) is 5.91 Å². The Balaban J connectivity index is 1.29. The van der Waals surface area contributed by atoms with Crippen molar-refractivity contribution in [1.82, 2.24) is 19.7 Å². The molecule has 2 aliphatic heterocycles. The monoisotopic (exact) mass is 481 g/mol. The molecule has 3 heterocycles. The predicted molar refractivity (Wildman–Crippen MR) is 140 cm³/mol. The van der Waals surface area contributed by atoms with Crippen LogP contribution in [-0.4, -0.2) is 50.5 Å². The summed E-state index contributed by atoms with van der Waals surface area (Å²) in [7, 11) is 0. The van der Waals surface area contributed by atoms with Gasteiger partial charge in [0.25, 0.3) is 0 Å². The summed E-state index contributed by atoms with van der Waals surface area (Å²) in [6, 6.07) is 28.9. The topological polar surface area (TPSA) is 54.3 Å². The number of benzene rings is 3. The smallest absolute Gasteiger partial charge is 0.237 e. The van der Waals surface area contributed by atoms with E-state index in [0.29, 0.717) is 17.0 Å². The minimum absolute atomic E-state index is 0.111. The van der Waals surface area contributed by atoms with E-state index in [2.05, 4.69) is 33.3 Å². The van der Waals surface area contributed by atoms with Gasteiger partial charge in [-0.05, 0) is 43.1 Å². The number of carbonyl (C=O) groups is 1. The molecule has 0 unspecified atom stereocenters. The average molecular weight is 482 g/mol. The van der Waals surface area contributed by atoms with Gasteiger partial charge < -0.3 is 4.90 Å². The summed E-state index contributed by atoms with van der Waals surface area (Å²) >= 11 is 1.45. The maximum absolute atomic E-state index is 13.6. The van der Waals surface area contributed by atoms with Crippen LogP contribution in [0.25, 0.3) is 17.1 Å². The van der Waals surface area contributed by atoms with E-state index < -0.39 is 0 Å². The van der Waals surface area contributed by atoms with Crippen LogP contribution < -0.4 is 4.90 Å². The van der Waals surface area contributed by atoms with Crippen LogP contribution in [-0.2, 0) is 11.3 Å². The highest BCUT2D eigenvalue weighted by atomic mass is 32.2. The van der Waals surface area contributed by atoms with Gasteiger partial charge in [-0.1, -0.05) is 78.5 Å². The predicted octanol–water partition coefficient (Wildman–Crippen LogP) is 5.04. The number of aromatic nitrogens is 3. The number of nitrogens with zero attached hydrogens (tertiary/aromatic N) is 5. The molecule has 2 aliphatic rings. The number of hydrogen-bond donors (Lipinski definition) is 0. The maximum atomic E-state index is 13.6. The molecule has 176 valence electrons. The van der Waals surface area contributed by atoms with Crippen molar-refractivity contribution in [1.29, 1.82) is 0 Å². The number of para-hydroxylation sites is 2. The number of thioether (sulfide) groups is 1. The summed E-state index contributed by atoms with van der Waals surface area (Å²) in [5.74, 6) is 1.19. The molecule has 3 aromatic carbocycles. The summed E-state index contributed by atoms with van der Waals surface area (Å²) < 4.78 is 2.04. The highest BCUT2D eigenvalue weighted by Crippen LogP contribution is 2.33. The molecule has 7 heteroatoms. The van der Waals surface area contributed by atoms with Gasteiger partial charge in [-0.3, -0.25) is 14.3 Å². The van der Waals surface area contributed by atoms with Crippen molar-refractivity contribution in [3.05, 3.63) is 90.5 Å². The van der Waals surface area contributed by atoms with Crippen LogP contribution in [0.3, 0.4) is 0 Å². The van der Waals surface area contributed by atoms with Crippen LogP contribution in [0.5, 0.6) is 0 Å². The fourth-order valence-corrected chi connectivity index (χ4v) is 5.96. The normalized spacial score (nSPS) is 17.6. The quantitative estimate of drug-likeness (QED) is 0.374. The molecule has 0 bridgehead atoms. The third-order valence-corrected chi connectivity index (χ3v) is 7.77. The van der Waals surface area contributed by atoms with Gasteiger partial charge in [0.05, 0.1) is 5.75 Å². The number of hydrogen-bond acceptors (Lipinski definition) is 5. The highest BCUT2D eigenvalue weighted by Gasteiger charge is 2.33. The zero-order chi connectivity index (χ0) is 23.6. The van der Waals surface area contributed by atoms with E-state index in [1.165, 1.54) is 23.7 Å². The lowest BCUT2D eigenvalue weighted by molar-refractivity contribution is -0.116. The number of carbonyl (C=O) groups excluding carboxylic acids is 1. The molecule has 6 rings (SSSR count). The second-order valence-electron chi connectivity index (χ2n) is 9.03. The molecule has 1 amide bonds. The summed E-state index contributed by atoms with van der Waals surface area (Å²) in [5.41, 5.74) is 4.24. The lowest BCUT2D eigenvalue weighted by atomic mass is 10.1. The Bertz CT molecular complexity index is 1320. The van der Waals surface area contributed by atoms with Crippen LogP contribution in [0.15, 0.2) is 90.1 Å². The molecule has 1 fully saturated rings. The molecule has 6 nitrogen and oxygen atoms in total. The third-order valence-electron chi connectivity index (χ3n) is 6.85. The fourth-order valence-electron chi connectivity index (χ4n) is 5.13. The molecule has 0 spiro atoms. The van der Waals surface area contributed by atoms with Crippen molar-refractivity contribution >= 4 is 23.4 Å². The Hall–Kier alpha value is -3.42. The van der Waals surface area contributed by atoms with Crippen molar-refractivity contribution in [2.24, 2.45) is 0 Å². The fraction of sp³-hybridized carbons (Fsp3) is 0.250. The van der Waals surface area contributed by atoms with E-state index in [9.17, 15) is 4.79 Å². The first-order valence-corrected chi connectivity index (χ1v) is 13.1. The molecule has 0 aliphatic carbocycles. The molecule has 35 heavy (non-hydrogen) atoms. The SMILES string of the molecule is O=C(CSc1nnc(-c2ccccc2)n1-c1ccccc1)N1C[C@H]2CCCN2Cc2ccccc21.